The molecule has 3 rings (SSSR count). The number of urea groups is 1. The summed E-state index contributed by atoms with van der Waals surface area (Å²) in [6.07, 6.45) is 0. The number of carbonyl (C=O) groups excluding carboxylic acids is 2. The predicted octanol–water partition coefficient (Wildman–Crippen LogP) is 5.26. The van der Waals surface area contributed by atoms with Gasteiger partial charge in [0.1, 0.15) is 11.5 Å². The van der Waals surface area contributed by atoms with E-state index in [4.69, 9.17) is 4.74 Å². The van der Waals surface area contributed by atoms with Crippen molar-refractivity contribution in [2.75, 3.05) is 10.6 Å². The van der Waals surface area contributed by atoms with Crippen LogP contribution in [0, 0.1) is 0 Å². The number of anilines is 2. The Morgan fingerprint density at radius 1 is 0.759 bits per heavy atom. The molecular weight excluding hydrogens is 366 g/mol. The summed E-state index contributed by atoms with van der Waals surface area (Å²) >= 11 is 0. The molecule has 3 amide bonds. The van der Waals surface area contributed by atoms with Gasteiger partial charge < -0.3 is 20.7 Å². The number of ether oxygens (including phenoxy) is 1. The van der Waals surface area contributed by atoms with Crippen molar-refractivity contribution in [2.24, 2.45) is 0 Å². The van der Waals surface area contributed by atoms with Crippen molar-refractivity contribution in [3.05, 3.63) is 84.4 Å². The highest BCUT2D eigenvalue weighted by Gasteiger charge is 2.12. The van der Waals surface area contributed by atoms with Gasteiger partial charge in [0.2, 0.25) is 0 Å². The van der Waals surface area contributed by atoms with E-state index in [-0.39, 0.29) is 18.0 Å². The van der Waals surface area contributed by atoms with Crippen LogP contribution in [0.4, 0.5) is 16.2 Å². The van der Waals surface area contributed by atoms with E-state index in [0.717, 1.165) is 0 Å². The molecule has 148 valence electrons. The van der Waals surface area contributed by atoms with Crippen LogP contribution in [0.1, 0.15) is 24.2 Å². The number of nitrogens with one attached hydrogen (secondary N) is 3. The Bertz CT molecular complexity index is 987. The molecule has 3 aromatic rings. The topological polar surface area (TPSA) is 79.5 Å². The first-order valence-corrected chi connectivity index (χ1v) is 9.32. The van der Waals surface area contributed by atoms with Gasteiger partial charge >= 0.3 is 6.03 Å². The van der Waals surface area contributed by atoms with Gasteiger partial charge in [-0.2, -0.15) is 0 Å². The number of hydrogen-bond acceptors (Lipinski definition) is 3. The molecular formula is C23H23N3O3. The standard InChI is InChI=1S/C23H23N3O3/c1-16(2)24-23(28)26-21-14-7-6-13-20(21)25-22(27)17-9-8-12-19(15-17)29-18-10-4-3-5-11-18/h3-16H,1-2H3,(H,25,27)(H2,24,26,28). The molecule has 0 atom stereocenters. The summed E-state index contributed by atoms with van der Waals surface area (Å²) in [6.45, 7) is 3.75. The van der Waals surface area contributed by atoms with Gasteiger partial charge in [-0.15, -0.1) is 0 Å². The number of carbonyl (C=O) groups is 2. The second-order valence-corrected chi connectivity index (χ2v) is 6.70. The number of para-hydroxylation sites is 3. The lowest BCUT2D eigenvalue weighted by Crippen LogP contribution is -2.34. The summed E-state index contributed by atoms with van der Waals surface area (Å²) in [7, 11) is 0. The van der Waals surface area contributed by atoms with Gasteiger partial charge in [-0.25, -0.2) is 4.79 Å². The van der Waals surface area contributed by atoms with Crippen molar-refractivity contribution in [1.29, 1.82) is 0 Å². The Labute approximate surface area is 169 Å². The fraction of sp³-hybridized carbons (Fsp3) is 0.130. The monoisotopic (exact) mass is 389 g/mol. The molecule has 0 radical (unpaired) electrons. The molecule has 0 aliphatic heterocycles. The molecule has 0 aromatic heterocycles. The van der Waals surface area contributed by atoms with Crippen LogP contribution in [0.3, 0.4) is 0 Å². The fourth-order valence-electron chi connectivity index (χ4n) is 2.64. The summed E-state index contributed by atoms with van der Waals surface area (Å²) in [4.78, 5) is 24.7. The van der Waals surface area contributed by atoms with E-state index in [2.05, 4.69) is 16.0 Å². The third-order valence-electron chi connectivity index (χ3n) is 3.92. The minimum absolute atomic E-state index is 0.00380. The second kappa shape index (κ2) is 9.41. The zero-order chi connectivity index (χ0) is 20.6. The third kappa shape index (κ3) is 5.84. The van der Waals surface area contributed by atoms with Gasteiger partial charge in [0.15, 0.2) is 0 Å². The van der Waals surface area contributed by atoms with Gasteiger partial charge in [0, 0.05) is 11.6 Å². The molecule has 0 aliphatic rings. The lowest BCUT2D eigenvalue weighted by Gasteiger charge is -2.14. The summed E-state index contributed by atoms with van der Waals surface area (Å²) in [6, 6.07) is 23.0. The third-order valence-corrected chi connectivity index (χ3v) is 3.92. The quantitative estimate of drug-likeness (QED) is 0.538. The van der Waals surface area contributed by atoms with Crippen LogP contribution in [0.15, 0.2) is 78.9 Å². The molecule has 0 spiro atoms. The summed E-state index contributed by atoms with van der Waals surface area (Å²) in [5.74, 6) is 0.948. The first-order chi connectivity index (χ1) is 14.0. The highest BCUT2D eigenvalue weighted by atomic mass is 16.5. The molecule has 0 unspecified atom stereocenters. The first-order valence-electron chi connectivity index (χ1n) is 9.32. The van der Waals surface area contributed by atoms with E-state index >= 15 is 0 Å². The Kier molecular flexibility index (Phi) is 6.47. The molecule has 6 nitrogen and oxygen atoms in total. The fourth-order valence-corrected chi connectivity index (χ4v) is 2.64. The van der Waals surface area contributed by atoms with E-state index in [1.54, 1.807) is 48.5 Å². The van der Waals surface area contributed by atoms with E-state index in [0.29, 0.717) is 28.4 Å². The van der Waals surface area contributed by atoms with Crippen LogP contribution < -0.4 is 20.7 Å². The maximum Gasteiger partial charge on any atom is 0.319 e. The molecule has 6 heteroatoms. The SMILES string of the molecule is CC(C)NC(=O)Nc1ccccc1NC(=O)c1cccc(Oc2ccccc2)c1. The average Bonchev–Trinajstić information content (AvgIpc) is 2.70. The van der Waals surface area contributed by atoms with Crippen LogP contribution in [0.2, 0.25) is 0 Å². The van der Waals surface area contributed by atoms with Gasteiger partial charge in [-0.1, -0.05) is 36.4 Å². The number of rotatable bonds is 6. The predicted molar refractivity (Wildman–Crippen MR) is 115 cm³/mol. The molecule has 0 heterocycles. The first kappa shape index (κ1) is 19.9. The van der Waals surface area contributed by atoms with Crippen molar-refractivity contribution in [3.8, 4) is 11.5 Å². The number of hydrogen-bond donors (Lipinski definition) is 3. The molecule has 0 saturated heterocycles. The minimum atomic E-state index is -0.333. The Hall–Kier alpha value is -3.80. The normalized spacial score (nSPS) is 10.3. The molecule has 0 aliphatic carbocycles. The summed E-state index contributed by atoms with van der Waals surface area (Å²) in [5.41, 5.74) is 1.46. The Morgan fingerprint density at radius 2 is 1.38 bits per heavy atom. The molecule has 0 saturated carbocycles. The van der Waals surface area contributed by atoms with Crippen molar-refractivity contribution in [2.45, 2.75) is 19.9 Å². The summed E-state index contributed by atoms with van der Waals surface area (Å²) < 4.78 is 5.79. The van der Waals surface area contributed by atoms with Crippen LogP contribution in [-0.4, -0.2) is 18.0 Å². The highest BCUT2D eigenvalue weighted by molar-refractivity contribution is 6.07. The summed E-state index contributed by atoms with van der Waals surface area (Å²) in [5, 5.41) is 8.35. The smallest absolute Gasteiger partial charge is 0.319 e. The molecule has 0 fully saturated rings. The number of benzene rings is 3. The zero-order valence-electron chi connectivity index (χ0n) is 16.3. The Morgan fingerprint density at radius 3 is 2.07 bits per heavy atom. The van der Waals surface area contributed by atoms with Crippen LogP contribution in [0.25, 0.3) is 0 Å². The van der Waals surface area contributed by atoms with Crippen molar-refractivity contribution < 1.29 is 14.3 Å². The zero-order valence-corrected chi connectivity index (χ0v) is 16.3. The maximum atomic E-state index is 12.7. The lowest BCUT2D eigenvalue weighted by molar-refractivity contribution is 0.102. The van der Waals surface area contributed by atoms with Gasteiger partial charge in [0.05, 0.1) is 11.4 Å². The van der Waals surface area contributed by atoms with Crippen molar-refractivity contribution in [3.63, 3.8) is 0 Å². The molecule has 3 N–H and O–H groups in total. The van der Waals surface area contributed by atoms with Crippen LogP contribution >= 0.6 is 0 Å². The Balaban J connectivity index is 1.72. The maximum absolute atomic E-state index is 12.7. The van der Waals surface area contributed by atoms with E-state index in [9.17, 15) is 9.59 Å². The van der Waals surface area contributed by atoms with Crippen LogP contribution in [0.5, 0.6) is 11.5 Å². The second-order valence-electron chi connectivity index (χ2n) is 6.70. The van der Waals surface area contributed by atoms with E-state index in [1.807, 2.05) is 44.2 Å². The lowest BCUT2D eigenvalue weighted by atomic mass is 10.2. The minimum Gasteiger partial charge on any atom is -0.457 e. The van der Waals surface area contributed by atoms with Gasteiger partial charge in [0.25, 0.3) is 5.91 Å². The molecule has 0 bridgehead atoms. The number of amides is 3. The average molecular weight is 389 g/mol. The highest BCUT2D eigenvalue weighted by Crippen LogP contribution is 2.24. The van der Waals surface area contributed by atoms with E-state index in [1.165, 1.54) is 0 Å². The largest absolute Gasteiger partial charge is 0.457 e. The van der Waals surface area contributed by atoms with E-state index < -0.39 is 0 Å². The van der Waals surface area contributed by atoms with Crippen molar-refractivity contribution >= 4 is 23.3 Å². The molecule has 3 aromatic carbocycles. The van der Waals surface area contributed by atoms with Crippen LogP contribution in [-0.2, 0) is 0 Å². The van der Waals surface area contributed by atoms with Gasteiger partial charge in [-0.05, 0) is 56.3 Å². The van der Waals surface area contributed by atoms with Crippen molar-refractivity contribution in [1.82, 2.24) is 5.32 Å². The molecule has 29 heavy (non-hydrogen) atoms. The van der Waals surface area contributed by atoms with Gasteiger partial charge in [-0.3, -0.25) is 4.79 Å².